The molecule has 0 saturated heterocycles. The highest BCUT2D eigenvalue weighted by molar-refractivity contribution is 5.98. The zero-order chi connectivity index (χ0) is 24.6. The van der Waals surface area contributed by atoms with E-state index in [2.05, 4.69) is 15.3 Å². The lowest BCUT2D eigenvalue weighted by atomic mass is 9.77. The fraction of sp³-hybridized carbons (Fsp3) is 0.308. The van der Waals surface area contributed by atoms with Crippen LogP contribution in [0.25, 0.3) is 16.6 Å². The number of hydrogen-bond donors (Lipinski definition) is 2. The Kier molecular flexibility index (Phi) is 4.47. The number of aromatic nitrogens is 4. The van der Waals surface area contributed by atoms with Crippen molar-refractivity contribution in [1.29, 1.82) is 0 Å². The molecule has 0 unspecified atom stereocenters. The molecule has 2 bridgehead atoms. The molecule has 0 radical (unpaired) electrons. The third-order valence-electron chi connectivity index (χ3n) is 7.71. The van der Waals surface area contributed by atoms with Crippen LogP contribution < -0.4 is 15.8 Å². The summed E-state index contributed by atoms with van der Waals surface area (Å²) >= 11 is 0. The third-order valence-corrected chi connectivity index (χ3v) is 7.71. The zero-order valence-corrected chi connectivity index (χ0v) is 19.1. The lowest BCUT2D eigenvalue weighted by Crippen LogP contribution is -2.44. The summed E-state index contributed by atoms with van der Waals surface area (Å²) in [5, 5.41) is 7.75. The summed E-state index contributed by atoms with van der Waals surface area (Å²) in [5.41, 5.74) is 11.0. The number of benzene rings is 1. The van der Waals surface area contributed by atoms with Gasteiger partial charge in [0.2, 0.25) is 0 Å². The highest BCUT2D eigenvalue weighted by Crippen LogP contribution is 2.51. The van der Waals surface area contributed by atoms with E-state index in [1.165, 1.54) is 6.07 Å². The third kappa shape index (κ3) is 3.07. The van der Waals surface area contributed by atoms with Gasteiger partial charge in [0.25, 0.3) is 5.91 Å². The van der Waals surface area contributed by atoms with Gasteiger partial charge in [0, 0.05) is 46.8 Å². The van der Waals surface area contributed by atoms with Crippen LogP contribution in [0.15, 0.2) is 48.9 Å². The van der Waals surface area contributed by atoms with Gasteiger partial charge in [-0.15, -0.1) is 0 Å². The summed E-state index contributed by atoms with van der Waals surface area (Å²) in [6, 6.07) is 8.30. The van der Waals surface area contributed by atoms with Gasteiger partial charge in [0.15, 0.2) is 0 Å². The maximum atomic E-state index is 13.2. The highest BCUT2D eigenvalue weighted by atomic mass is 19.3. The number of carbonyl (C=O) groups is 1. The maximum Gasteiger partial charge on any atom is 0.387 e. The first-order valence-corrected chi connectivity index (χ1v) is 11.9. The van der Waals surface area contributed by atoms with Gasteiger partial charge in [-0.2, -0.15) is 13.9 Å². The van der Waals surface area contributed by atoms with Crippen LogP contribution in [0.1, 0.15) is 70.6 Å². The van der Waals surface area contributed by atoms with Crippen molar-refractivity contribution >= 4 is 11.4 Å². The van der Waals surface area contributed by atoms with Crippen molar-refractivity contribution in [1.82, 2.24) is 24.9 Å². The van der Waals surface area contributed by atoms with Gasteiger partial charge in [-0.25, -0.2) is 14.5 Å². The fourth-order valence-electron chi connectivity index (χ4n) is 5.78. The molecule has 1 saturated carbocycles. The van der Waals surface area contributed by atoms with E-state index in [1.807, 2.05) is 18.3 Å². The van der Waals surface area contributed by atoms with Crippen molar-refractivity contribution in [3.8, 4) is 16.9 Å². The molecule has 1 amide bonds. The monoisotopic (exact) mass is 488 g/mol. The molecule has 10 heteroatoms. The van der Waals surface area contributed by atoms with Gasteiger partial charge in [0.1, 0.15) is 11.6 Å². The number of amides is 1. The molecule has 36 heavy (non-hydrogen) atoms. The molecule has 7 rings (SSSR count). The number of nitrogens with zero attached hydrogens (tertiary/aromatic N) is 4. The average Bonchev–Trinajstić information content (AvgIpc) is 3.34. The summed E-state index contributed by atoms with van der Waals surface area (Å²) < 4.78 is 33.1. The second kappa shape index (κ2) is 7.54. The van der Waals surface area contributed by atoms with Crippen LogP contribution >= 0.6 is 0 Å². The van der Waals surface area contributed by atoms with Crippen molar-refractivity contribution in [2.75, 3.05) is 0 Å². The second-order valence-electron chi connectivity index (χ2n) is 9.76. The fourth-order valence-corrected chi connectivity index (χ4v) is 5.78. The summed E-state index contributed by atoms with van der Waals surface area (Å²) in [4.78, 5) is 22.0. The van der Waals surface area contributed by atoms with Gasteiger partial charge in [-0.3, -0.25) is 4.79 Å². The van der Waals surface area contributed by atoms with Crippen LogP contribution in [-0.2, 0) is 5.54 Å². The first kappa shape index (κ1) is 21.4. The van der Waals surface area contributed by atoms with E-state index in [0.29, 0.717) is 23.4 Å². The summed E-state index contributed by atoms with van der Waals surface area (Å²) in [7, 11) is 0. The number of carbonyl (C=O) groups excluding carboxylic acids is 1. The van der Waals surface area contributed by atoms with Crippen LogP contribution in [0.3, 0.4) is 0 Å². The summed E-state index contributed by atoms with van der Waals surface area (Å²) in [5.74, 6) is 0.0353. The van der Waals surface area contributed by atoms with E-state index in [4.69, 9.17) is 15.6 Å². The number of pyridine rings is 1. The lowest BCUT2D eigenvalue weighted by molar-refractivity contribution is -0.0505. The number of rotatable bonds is 4. The molecule has 1 aliphatic heterocycles. The van der Waals surface area contributed by atoms with E-state index in [1.54, 1.807) is 29.0 Å². The first-order valence-electron chi connectivity index (χ1n) is 11.9. The Hall–Kier alpha value is -3.92. The van der Waals surface area contributed by atoms with E-state index >= 15 is 0 Å². The van der Waals surface area contributed by atoms with Gasteiger partial charge in [-0.1, -0.05) is 6.07 Å². The molecular weight excluding hydrogens is 466 g/mol. The molecule has 2 aliphatic carbocycles. The SMILES string of the molecule is NC1(c2ncc(-c3ccn4nc5c(c4c3)[C@@H]3C[C@H]5NC(=O)c4cccc(OC(F)F)c43)cn2)CCC1. The number of halogens is 2. The van der Waals surface area contributed by atoms with Crippen LogP contribution in [0, 0.1) is 0 Å². The smallest absolute Gasteiger partial charge is 0.387 e. The molecule has 3 N–H and O–H groups in total. The van der Waals surface area contributed by atoms with E-state index in [9.17, 15) is 13.6 Å². The summed E-state index contributed by atoms with van der Waals surface area (Å²) in [6.45, 7) is -2.99. The Morgan fingerprint density at radius 2 is 1.94 bits per heavy atom. The molecule has 4 heterocycles. The highest BCUT2D eigenvalue weighted by Gasteiger charge is 2.43. The van der Waals surface area contributed by atoms with Crippen molar-refractivity contribution < 1.29 is 18.3 Å². The van der Waals surface area contributed by atoms with E-state index in [-0.39, 0.29) is 23.6 Å². The molecule has 3 aliphatic rings. The normalized spacial score (nSPS) is 21.5. The van der Waals surface area contributed by atoms with Crippen molar-refractivity contribution in [3.63, 3.8) is 0 Å². The quantitative estimate of drug-likeness (QED) is 0.449. The first-order chi connectivity index (χ1) is 17.4. The Balaban J connectivity index is 1.35. The molecule has 1 aromatic carbocycles. The second-order valence-corrected chi connectivity index (χ2v) is 9.76. The number of alkyl halides is 2. The topological polar surface area (TPSA) is 107 Å². The molecule has 182 valence electrons. The van der Waals surface area contributed by atoms with Gasteiger partial charge < -0.3 is 15.8 Å². The van der Waals surface area contributed by atoms with Crippen molar-refractivity contribution in [3.05, 3.63) is 77.1 Å². The standard InChI is InChI=1S/C26H22F2N6O2/c27-25(28)36-19-4-1-3-15-20(19)16-10-17(32-23(15)35)22-21(16)18-9-13(5-8-34(18)33-22)14-11-30-24(31-12-14)26(29)6-2-7-26/h1,3-5,8-9,11-12,16-17,25H,2,6-7,10,29H2,(H,32,35)/t16-,17-/m1/s1. The minimum absolute atomic E-state index is 0.0161. The number of nitrogens with two attached hydrogens (primary N) is 1. The van der Waals surface area contributed by atoms with E-state index < -0.39 is 12.2 Å². The Labute approximate surface area is 204 Å². The van der Waals surface area contributed by atoms with Gasteiger partial charge in [0.05, 0.1) is 22.8 Å². The van der Waals surface area contributed by atoms with Crippen molar-refractivity contribution in [2.45, 2.75) is 49.8 Å². The van der Waals surface area contributed by atoms with Gasteiger partial charge in [-0.05, 0) is 55.5 Å². The van der Waals surface area contributed by atoms with Crippen LogP contribution in [0.2, 0.25) is 0 Å². The average molecular weight is 488 g/mol. The number of hydrogen-bond acceptors (Lipinski definition) is 6. The van der Waals surface area contributed by atoms with Crippen molar-refractivity contribution in [2.24, 2.45) is 5.73 Å². The molecule has 3 aromatic heterocycles. The Morgan fingerprint density at radius 3 is 2.67 bits per heavy atom. The molecule has 8 nitrogen and oxygen atoms in total. The largest absolute Gasteiger partial charge is 0.434 e. The Morgan fingerprint density at radius 1 is 1.14 bits per heavy atom. The predicted octanol–water partition coefficient (Wildman–Crippen LogP) is 4.05. The maximum absolute atomic E-state index is 13.2. The van der Waals surface area contributed by atoms with Crippen LogP contribution in [0.4, 0.5) is 8.78 Å². The number of fused-ring (bicyclic) bond motifs is 9. The Bertz CT molecular complexity index is 1530. The lowest BCUT2D eigenvalue weighted by Gasteiger charge is -2.36. The minimum Gasteiger partial charge on any atom is -0.434 e. The molecule has 2 atom stereocenters. The predicted molar refractivity (Wildman–Crippen MR) is 126 cm³/mol. The zero-order valence-electron chi connectivity index (χ0n) is 19.1. The molecule has 0 spiro atoms. The number of ether oxygens (including phenoxy) is 1. The van der Waals surface area contributed by atoms with Crippen LogP contribution in [0.5, 0.6) is 5.75 Å². The molecule has 1 fully saturated rings. The van der Waals surface area contributed by atoms with E-state index in [0.717, 1.165) is 47.2 Å². The minimum atomic E-state index is -2.99. The summed E-state index contributed by atoms with van der Waals surface area (Å²) in [6.07, 6.45) is 8.80. The van der Waals surface area contributed by atoms with Crippen LogP contribution in [-0.4, -0.2) is 32.1 Å². The number of nitrogens with one attached hydrogen (secondary N) is 1. The molecule has 4 aromatic rings. The molecular formula is C26H22F2N6O2. The van der Waals surface area contributed by atoms with Gasteiger partial charge >= 0.3 is 6.61 Å².